The van der Waals surface area contributed by atoms with Crippen LogP contribution in [0.25, 0.3) is 0 Å². The number of carbonyl (C=O) groups excluding carboxylic acids is 1. The molecule has 3 nitrogen and oxygen atoms in total. The molecule has 2 rings (SSSR count). The molecular formula is C17H20O3. The quantitative estimate of drug-likeness (QED) is 0.640. The van der Waals surface area contributed by atoms with Crippen molar-refractivity contribution in [1.82, 2.24) is 0 Å². The average molecular weight is 272 g/mol. The molecule has 1 aromatic rings. The lowest BCUT2D eigenvalue weighted by Crippen LogP contribution is -2.19. The van der Waals surface area contributed by atoms with Crippen molar-refractivity contribution in [1.29, 1.82) is 0 Å². The van der Waals surface area contributed by atoms with Gasteiger partial charge in [0.2, 0.25) is 0 Å². The van der Waals surface area contributed by atoms with Crippen LogP contribution in [0.2, 0.25) is 0 Å². The average Bonchev–Trinajstić information content (AvgIpc) is 2.46. The fourth-order valence-corrected chi connectivity index (χ4v) is 2.15. The fourth-order valence-electron chi connectivity index (χ4n) is 2.15. The first-order valence-corrected chi connectivity index (χ1v) is 7.00. The molecule has 0 bridgehead atoms. The molecule has 106 valence electrons. The van der Waals surface area contributed by atoms with Crippen LogP contribution in [0.3, 0.4) is 0 Å². The number of aliphatic hydroxyl groups is 1. The van der Waals surface area contributed by atoms with Crippen LogP contribution in [-0.2, 0) is 16.0 Å². The van der Waals surface area contributed by atoms with Crippen LogP contribution >= 0.6 is 0 Å². The Hall–Kier alpha value is -1.87. The highest BCUT2D eigenvalue weighted by atomic mass is 16.5. The second-order valence-corrected chi connectivity index (χ2v) is 4.95. The Bertz CT molecular complexity index is 476. The topological polar surface area (TPSA) is 46.5 Å². The number of rotatable bonds is 6. The van der Waals surface area contributed by atoms with Crippen LogP contribution in [0, 0.1) is 0 Å². The number of cyclic esters (lactones) is 1. The van der Waals surface area contributed by atoms with Gasteiger partial charge in [0.15, 0.2) is 0 Å². The molecule has 1 N–H and O–H groups in total. The Kier molecular flexibility index (Phi) is 5.56. The third-order valence-electron chi connectivity index (χ3n) is 3.26. The normalized spacial score (nSPS) is 20.1. The van der Waals surface area contributed by atoms with Crippen molar-refractivity contribution >= 4 is 5.97 Å². The Morgan fingerprint density at radius 2 is 2.15 bits per heavy atom. The third-order valence-corrected chi connectivity index (χ3v) is 3.26. The van der Waals surface area contributed by atoms with E-state index in [1.807, 2.05) is 30.4 Å². The molecule has 0 fully saturated rings. The minimum atomic E-state index is -0.454. The van der Waals surface area contributed by atoms with Crippen LogP contribution in [0.4, 0.5) is 0 Å². The molecule has 1 aliphatic heterocycles. The first-order valence-electron chi connectivity index (χ1n) is 7.00. The third kappa shape index (κ3) is 5.02. The van der Waals surface area contributed by atoms with Gasteiger partial charge in [0.05, 0.1) is 6.10 Å². The van der Waals surface area contributed by atoms with Gasteiger partial charge in [-0.1, -0.05) is 48.6 Å². The van der Waals surface area contributed by atoms with E-state index < -0.39 is 6.10 Å². The van der Waals surface area contributed by atoms with E-state index in [0.29, 0.717) is 12.8 Å². The maximum atomic E-state index is 11.0. The zero-order valence-corrected chi connectivity index (χ0v) is 11.4. The van der Waals surface area contributed by atoms with Gasteiger partial charge in [-0.3, -0.25) is 0 Å². The van der Waals surface area contributed by atoms with Crippen molar-refractivity contribution < 1.29 is 14.6 Å². The number of carbonyl (C=O) groups is 1. The number of aryl methyl sites for hydroxylation is 1. The number of hydrogen-bond acceptors (Lipinski definition) is 3. The van der Waals surface area contributed by atoms with E-state index in [4.69, 9.17) is 4.74 Å². The highest BCUT2D eigenvalue weighted by Crippen LogP contribution is 2.12. The smallest absolute Gasteiger partial charge is 0.330 e. The predicted molar refractivity (Wildman–Crippen MR) is 78.2 cm³/mol. The summed E-state index contributed by atoms with van der Waals surface area (Å²) in [5, 5.41) is 9.88. The first kappa shape index (κ1) is 14.5. The summed E-state index contributed by atoms with van der Waals surface area (Å²) in [7, 11) is 0. The Labute approximate surface area is 119 Å². The molecule has 1 aromatic carbocycles. The van der Waals surface area contributed by atoms with Gasteiger partial charge in [-0.25, -0.2) is 4.79 Å². The Balaban J connectivity index is 1.69. The maximum Gasteiger partial charge on any atom is 0.330 e. The molecule has 0 aliphatic carbocycles. The minimum Gasteiger partial charge on any atom is -0.459 e. The zero-order valence-electron chi connectivity index (χ0n) is 11.4. The van der Waals surface area contributed by atoms with Gasteiger partial charge in [0.1, 0.15) is 6.10 Å². The van der Waals surface area contributed by atoms with E-state index in [-0.39, 0.29) is 12.1 Å². The SMILES string of the molecule is O=C1C=CCC(C/C=C/C(O)CCc2ccccc2)O1. The summed E-state index contributed by atoms with van der Waals surface area (Å²) in [4.78, 5) is 11.0. The lowest BCUT2D eigenvalue weighted by molar-refractivity contribution is -0.143. The number of aliphatic hydroxyl groups excluding tert-OH is 1. The van der Waals surface area contributed by atoms with Gasteiger partial charge in [0.25, 0.3) is 0 Å². The lowest BCUT2D eigenvalue weighted by atomic mass is 10.1. The molecule has 0 radical (unpaired) electrons. The van der Waals surface area contributed by atoms with E-state index >= 15 is 0 Å². The van der Waals surface area contributed by atoms with Crippen molar-refractivity contribution in [3.05, 3.63) is 60.2 Å². The molecule has 20 heavy (non-hydrogen) atoms. The number of benzene rings is 1. The highest BCUT2D eigenvalue weighted by molar-refractivity contribution is 5.82. The minimum absolute atomic E-state index is 0.0925. The summed E-state index contributed by atoms with van der Waals surface area (Å²) >= 11 is 0. The van der Waals surface area contributed by atoms with Crippen LogP contribution in [0.1, 0.15) is 24.8 Å². The molecule has 2 unspecified atom stereocenters. The van der Waals surface area contributed by atoms with Crippen molar-refractivity contribution in [3.8, 4) is 0 Å². The van der Waals surface area contributed by atoms with E-state index in [0.717, 1.165) is 12.8 Å². The van der Waals surface area contributed by atoms with Gasteiger partial charge in [-0.2, -0.15) is 0 Å². The fraction of sp³-hybridized carbons (Fsp3) is 0.353. The first-order chi connectivity index (χ1) is 9.74. The summed E-state index contributed by atoms with van der Waals surface area (Å²) in [5.74, 6) is -0.278. The standard InChI is InChI=1S/C17H20O3/c18-15(13-12-14-6-2-1-3-7-14)8-4-9-16-10-5-11-17(19)20-16/h1-8,11,15-16,18H,9-10,12-13H2/b8-4+. The molecule has 1 heterocycles. The monoisotopic (exact) mass is 272 g/mol. The highest BCUT2D eigenvalue weighted by Gasteiger charge is 2.14. The van der Waals surface area contributed by atoms with Crippen molar-refractivity contribution in [2.75, 3.05) is 0 Å². The van der Waals surface area contributed by atoms with Crippen molar-refractivity contribution in [2.24, 2.45) is 0 Å². The van der Waals surface area contributed by atoms with E-state index in [9.17, 15) is 9.90 Å². The van der Waals surface area contributed by atoms with Crippen LogP contribution in [0.5, 0.6) is 0 Å². The second kappa shape index (κ2) is 7.65. The van der Waals surface area contributed by atoms with E-state index in [2.05, 4.69) is 12.1 Å². The van der Waals surface area contributed by atoms with Gasteiger partial charge < -0.3 is 9.84 Å². The molecule has 0 saturated heterocycles. The molecule has 1 aliphatic rings. The van der Waals surface area contributed by atoms with Crippen molar-refractivity contribution in [2.45, 2.75) is 37.9 Å². The predicted octanol–water partition coefficient (Wildman–Crippen LogP) is 2.80. The molecule has 0 saturated carbocycles. The number of ether oxygens (including phenoxy) is 1. The molecular weight excluding hydrogens is 252 g/mol. The van der Waals surface area contributed by atoms with Crippen LogP contribution < -0.4 is 0 Å². The van der Waals surface area contributed by atoms with Crippen molar-refractivity contribution in [3.63, 3.8) is 0 Å². The molecule has 0 spiro atoms. The maximum absolute atomic E-state index is 11.0. The molecule has 2 atom stereocenters. The number of esters is 1. The zero-order chi connectivity index (χ0) is 14.2. The van der Waals surface area contributed by atoms with Crippen LogP contribution in [0.15, 0.2) is 54.6 Å². The lowest BCUT2D eigenvalue weighted by Gasteiger charge is -2.16. The largest absolute Gasteiger partial charge is 0.459 e. The van der Waals surface area contributed by atoms with Gasteiger partial charge in [-0.05, 0) is 18.4 Å². The summed E-state index contributed by atoms with van der Waals surface area (Å²) < 4.78 is 5.14. The number of hydrogen-bond donors (Lipinski definition) is 1. The second-order valence-electron chi connectivity index (χ2n) is 4.95. The Morgan fingerprint density at radius 3 is 2.90 bits per heavy atom. The summed E-state index contributed by atoms with van der Waals surface area (Å²) in [6.07, 6.45) is 9.37. The summed E-state index contributed by atoms with van der Waals surface area (Å²) in [5.41, 5.74) is 1.23. The molecule has 0 amide bonds. The summed E-state index contributed by atoms with van der Waals surface area (Å²) in [6.45, 7) is 0. The van der Waals surface area contributed by atoms with E-state index in [1.165, 1.54) is 11.6 Å². The van der Waals surface area contributed by atoms with Gasteiger partial charge in [-0.15, -0.1) is 0 Å². The molecule has 0 aromatic heterocycles. The summed E-state index contributed by atoms with van der Waals surface area (Å²) in [6, 6.07) is 10.1. The van der Waals surface area contributed by atoms with Gasteiger partial charge in [0, 0.05) is 18.9 Å². The van der Waals surface area contributed by atoms with E-state index in [1.54, 1.807) is 6.08 Å². The Morgan fingerprint density at radius 1 is 1.35 bits per heavy atom. The van der Waals surface area contributed by atoms with Gasteiger partial charge >= 0.3 is 5.97 Å². The molecule has 3 heteroatoms. The van der Waals surface area contributed by atoms with Crippen LogP contribution in [-0.4, -0.2) is 23.3 Å².